The highest BCUT2D eigenvalue weighted by Gasteiger charge is 2.44. The van der Waals surface area contributed by atoms with Crippen LogP contribution < -0.4 is 15.0 Å². The summed E-state index contributed by atoms with van der Waals surface area (Å²) in [5.41, 5.74) is 3.48. The lowest BCUT2D eigenvalue weighted by atomic mass is 9.84. The normalized spacial score (nSPS) is 19.9. The first-order chi connectivity index (χ1) is 12.8. The average Bonchev–Trinajstić information content (AvgIpc) is 2.60. The van der Waals surface area contributed by atoms with E-state index < -0.39 is 11.7 Å². The Bertz CT molecular complexity index is 965. The van der Waals surface area contributed by atoms with Crippen LogP contribution in [0.5, 0.6) is 5.75 Å². The van der Waals surface area contributed by atoms with Crippen LogP contribution in [0.3, 0.4) is 0 Å². The standard InChI is InChI=1S/C22H23FN2O2/c1-5-27-14-10-16-13(2)12-22(3,4)25-19(16)17(11-14)21(26)24-20(25)15-8-6-7-9-18(15)23/h6-12,20H,5H2,1-4H3,(H,24,26). The van der Waals surface area contributed by atoms with Gasteiger partial charge in [0.05, 0.1) is 23.4 Å². The molecule has 0 bridgehead atoms. The molecular weight excluding hydrogens is 343 g/mol. The van der Waals surface area contributed by atoms with Crippen molar-refractivity contribution in [2.24, 2.45) is 0 Å². The number of benzene rings is 2. The Morgan fingerprint density at radius 1 is 1.22 bits per heavy atom. The van der Waals surface area contributed by atoms with E-state index in [2.05, 4.69) is 30.1 Å². The topological polar surface area (TPSA) is 41.6 Å². The number of halogens is 1. The summed E-state index contributed by atoms with van der Waals surface area (Å²) in [6.45, 7) is 8.62. The van der Waals surface area contributed by atoms with Crippen molar-refractivity contribution < 1.29 is 13.9 Å². The third-order valence-electron chi connectivity index (χ3n) is 5.22. The van der Waals surface area contributed by atoms with Crippen LogP contribution in [0.2, 0.25) is 0 Å². The molecule has 2 aromatic carbocycles. The maximum absolute atomic E-state index is 14.6. The molecule has 0 aromatic heterocycles. The molecule has 27 heavy (non-hydrogen) atoms. The second kappa shape index (κ2) is 6.12. The summed E-state index contributed by atoms with van der Waals surface area (Å²) in [4.78, 5) is 15.1. The summed E-state index contributed by atoms with van der Waals surface area (Å²) in [5.74, 6) is 0.113. The summed E-state index contributed by atoms with van der Waals surface area (Å²) < 4.78 is 20.3. The number of allylic oxidation sites excluding steroid dienone is 1. The van der Waals surface area contributed by atoms with Crippen molar-refractivity contribution in [3.63, 3.8) is 0 Å². The number of amides is 1. The van der Waals surface area contributed by atoms with E-state index in [9.17, 15) is 9.18 Å². The third-order valence-corrected chi connectivity index (χ3v) is 5.22. The first-order valence-electron chi connectivity index (χ1n) is 9.19. The van der Waals surface area contributed by atoms with Gasteiger partial charge in [-0.05, 0) is 51.5 Å². The molecule has 1 N–H and O–H groups in total. The summed E-state index contributed by atoms with van der Waals surface area (Å²) in [7, 11) is 0. The van der Waals surface area contributed by atoms with Crippen LogP contribution in [0, 0.1) is 5.82 Å². The number of hydrogen-bond acceptors (Lipinski definition) is 3. The maximum Gasteiger partial charge on any atom is 0.255 e. The van der Waals surface area contributed by atoms with E-state index in [0.29, 0.717) is 23.5 Å². The lowest BCUT2D eigenvalue weighted by molar-refractivity contribution is 0.0920. The highest BCUT2D eigenvalue weighted by molar-refractivity contribution is 6.06. The number of carbonyl (C=O) groups excluding carboxylic acids is 1. The fraction of sp³-hybridized carbons (Fsp3) is 0.318. The minimum absolute atomic E-state index is 0.220. The van der Waals surface area contributed by atoms with Gasteiger partial charge >= 0.3 is 0 Å². The molecule has 0 radical (unpaired) electrons. The van der Waals surface area contributed by atoms with Crippen LogP contribution in [0.4, 0.5) is 10.1 Å². The lowest BCUT2D eigenvalue weighted by Crippen LogP contribution is -2.56. The molecule has 1 unspecified atom stereocenters. The number of rotatable bonds is 3. The number of nitrogens with one attached hydrogen (secondary N) is 1. The highest BCUT2D eigenvalue weighted by atomic mass is 19.1. The second-order valence-corrected chi connectivity index (χ2v) is 7.55. The van der Waals surface area contributed by atoms with Crippen LogP contribution in [-0.2, 0) is 0 Å². The molecule has 0 saturated carbocycles. The molecule has 5 heteroatoms. The Hall–Kier alpha value is -2.82. The summed E-state index contributed by atoms with van der Waals surface area (Å²) >= 11 is 0. The Labute approximate surface area is 158 Å². The summed E-state index contributed by atoms with van der Waals surface area (Å²) in [6, 6.07) is 10.3. The van der Waals surface area contributed by atoms with E-state index >= 15 is 0 Å². The van der Waals surface area contributed by atoms with E-state index in [1.807, 2.05) is 19.9 Å². The number of anilines is 1. The fourth-order valence-corrected chi connectivity index (χ4v) is 4.20. The van der Waals surface area contributed by atoms with Gasteiger partial charge in [0, 0.05) is 11.1 Å². The zero-order valence-corrected chi connectivity index (χ0v) is 16.0. The van der Waals surface area contributed by atoms with Gasteiger partial charge in [0.2, 0.25) is 0 Å². The van der Waals surface area contributed by atoms with Gasteiger partial charge in [-0.15, -0.1) is 0 Å². The molecule has 0 aliphatic carbocycles. The van der Waals surface area contributed by atoms with Gasteiger partial charge in [-0.2, -0.15) is 0 Å². The predicted molar refractivity (Wildman–Crippen MR) is 104 cm³/mol. The minimum Gasteiger partial charge on any atom is -0.494 e. The van der Waals surface area contributed by atoms with Crippen molar-refractivity contribution in [3.8, 4) is 5.75 Å². The number of hydrogen-bond donors (Lipinski definition) is 1. The first kappa shape index (κ1) is 17.6. The van der Waals surface area contributed by atoms with Gasteiger partial charge in [0.15, 0.2) is 0 Å². The molecule has 4 rings (SSSR count). The molecule has 1 atom stereocenters. The second-order valence-electron chi connectivity index (χ2n) is 7.55. The van der Waals surface area contributed by atoms with Crippen LogP contribution in [0.25, 0.3) is 5.57 Å². The Morgan fingerprint density at radius 3 is 2.63 bits per heavy atom. The van der Waals surface area contributed by atoms with Crippen LogP contribution >= 0.6 is 0 Å². The largest absolute Gasteiger partial charge is 0.494 e. The van der Waals surface area contributed by atoms with Crippen molar-refractivity contribution >= 4 is 17.2 Å². The van der Waals surface area contributed by atoms with Crippen molar-refractivity contribution in [2.75, 3.05) is 11.5 Å². The molecule has 0 fully saturated rings. The number of ether oxygens (including phenoxy) is 1. The third kappa shape index (κ3) is 2.69. The Kier molecular flexibility index (Phi) is 3.98. The summed E-state index contributed by atoms with van der Waals surface area (Å²) in [6.07, 6.45) is 1.57. The van der Waals surface area contributed by atoms with Crippen LogP contribution in [0.1, 0.15) is 55.3 Å². The predicted octanol–water partition coefficient (Wildman–Crippen LogP) is 4.67. The van der Waals surface area contributed by atoms with Crippen molar-refractivity contribution in [1.29, 1.82) is 0 Å². The minimum atomic E-state index is -0.581. The molecular formula is C22H23FN2O2. The van der Waals surface area contributed by atoms with Crippen molar-refractivity contribution in [1.82, 2.24) is 5.32 Å². The van der Waals surface area contributed by atoms with E-state index in [1.165, 1.54) is 6.07 Å². The van der Waals surface area contributed by atoms with E-state index in [1.54, 1.807) is 24.3 Å². The van der Waals surface area contributed by atoms with Crippen molar-refractivity contribution in [3.05, 3.63) is 65.0 Å². The highest BCUT2D eigenvalue weighted by Crippen LogP contribution is 2.48. The van der Waals surface area contributed by atoms with Crippen LogP contribution in [-0.4, -0.2) is 18.1 Å². The van der Waals surface area contributed by atoms with Gasteiger partial charge < -0.3 is 15.0 Å². The molecule has 0 spiro atoms. The smallest absolute Gasteiger partial charge is 0.255 e. The Morgan fingerprint density at radius 2 is 1.93 bits per heavy atom. The van der Waals surface area contributed by atoms with E-state index in [4.69, 9.17) is 4.74 Å². The van der Waals surface area contributed by atoms with Crippen LogP contribution in [0.15, 0.2) is 42.5 Å². The lowest BCUT2D eigenvalue weighted by Gasteiger charge is -2.50. The quantitative estimate of drug-likeness (QED) is 0.858. The Balaban J connectivity index is 1.97. The number of nitrogens with zero attached hydrogens (tertiary/aromatic N) is 1. The zero-order chi connectivity index (χ0) is 19.3. The molecule has 2 aliphatic heterocycles. The van der Waals surface area contributed by atoms with Gasteiger partial charge in [0.25, 0.3) is 5.91 Å². The molecule has 2 aromatic rings. The molecule has 1 amide bonds. The number of carbonyl (C=O) groups is 1. The van der Waals surface area contributed by atoms with Gasteiger partial charge in [-0.1, -0.05) is 24.3 Å². The van der Waals surface area contributed by atoms with Gasteiger partial charge in [-0.25, -0.2) is 4.39 Å². The SMILES string of the molecule is CCOc1cc2c3c(c1)C(C)=CC(C)(C)N3C(c1ccccc1F)NC2=O. The maximum atomic E-state index is 14.6. The molecule has 0 saturated heterocycles. The molecule has 4 nitrogen and oxygen atoms in total. The van der Waals surface area contributed by atoms with Crippen molar-refractivity contribution in [2.45, 2.75) is 39.4 Å². The molecule has 2 aliphatic rings. The zero-order valence-electron chi connectivity index (χ0n) is 16.0. The van der Waals surface area contributed by atoms with E-state index in [0.717, 1.165) is 16.8 Å². The first-order valence-corrected chi connectivity index (χ1v) is 9.19. The average molecular weight is 366 g/mol. The molecule has 2 heterocycles. The molecule has 140 valence electrons. The van der Waals surface area contributed by atoms with Gasteiger partial charge in [0.1, 0.15) is 17.7 Å². The fourth-order valence-electron chi connectivity index (χ4n) is 4.20. The summed E-state index contributed by atoms with van der Waals surface area (Å²) in [5, 5.41) is 2.99. The van der Waals surface area contributed by atoms with Gasteiger partial charge in [-0.3, -0.25) is 4.79 Å². The monoisotopic (exact) mass is 366 g/mol. The van der Waals surface area contributed by atoms with E-state index in [-0.39, 0.29) is 11.7 Å².